The summed E-state index contributed by atoms with van der Waals surface area (Å²) in [6.45, 7) is 3.97. The number of nitrogens with two attached hydrogens (primary N) is 3. The number of rotatable bonds is 22. The third-order valence-electron chi connectivity index (χ3n) is 7.18. The zero-order valence-electron chi connectivity index (χ0n) is 27.8. The van der Waals surface area contributed by atoms with Crippen LogP contribution in [-0.4, -0.2) is 100 Å². The van der Waals surface area contributed by atoms with Gasteiger partial charge in [-0.1, -0.05) is 44.2 Å². The summed E-state index contributed by atoms with van der Waals surface area (Å²) >= 11 is 0. The molecule has 7 amide bonds. The van der Waals surface area contributed by atoms with Crippen LogP contribution in [0, 0.1) is 5.92 Å². The molecule has 0 heterocycles. The van der Waals surface area contributed by atoms with E-state index in [1.54, 1.807) is 44.2 Å². The minimum atomic E-state index is -1.65. The van der Waals surface area contributed by atoms with E-state index in [1.807, 2.05) is 0 Å². The number of carboxylic acid groups (broad SMARTS) is 1. The standard InChI is InChI=1S/C31H48N8O10/c1-16(2)13-21(30(48)38-22(14-18-7-5-4-6-8-18)29(47)35-17(3)26(34)44)37-31(49)23(15-40)39-28(46)20(10-12-25(42)43)36-27(45)19(32)9-11-24(33)41/h4-8,16-17,19-23,40H,9-15,32H2,1-3H3,(H2,33,41)(H2,34,44)(H,35,47)(H,36,45)(H,37,49)(H,38,48)(H,39,46)(H,42,43)/t17-,19-,20-,21-,22-,23-/m0/s1. The summed E-state index contributed by atoms with van der Waals surface area (Å²) in [6, 6.07) is 0.791. The van der Waals surface area contributed by atoms with Gasteiger partial charge < -0.3 is 54.0 Å². The highest BCUT2D eigenvalue weighted by Crippen LogP contribution is 2.09. The maximum atomic E-state index is 13.5. The van der Waals surface area contributed by atoms with Crippen molar-refractivity contribution in [2.75, 3.05) is 6.61 Å². The van der Waals surface area contributed by atoms with Crippen molar-refractivity contribution in [2.24, 2.45) is 23.1 Å². The fourth-order valence-electron chi connectivity index (χ4n) is 4.40. The van der Waals surface area contributed by atoms with Crippen LogP contribution in [0.1, 0.15) is 58.4 Å². The van der Waals surface area contributed by atoms with Gasteiger partial charge in [0.05, 0.1) is 12.6 Å². The number of hydrogen-bond acceptors (Lipinski definition) is 10. The van der Waals surface area contributed by atoms with Gasteiger partial charge in [0.15, 0.2) is 0 Å². The van der Waals surface area contributed by atoms with Crippen LogP contribution in [0.15, 0.2) is 30.3 Å². The third-order valence-corrected chi connectivity index (χ3v) is 7.18. The number of hydrogen-bond donors (Lipinski definition) is 10. The molecule has 0 aromatic heterocycles. The monoisotopic (exact) mass is 692 g/mol. The number of carbonyl (C=O) groups excluding carboxylic acids is 7. The molecule has 272 valence electrons. The number of carbonyl (C=O) groups is 8. The van der Waals surface area contributed by atoms with Gasteiger partial charge >= 0.3 is 5.97 Å². The quantitative estimate of drug-likeness (QED) is 0.0572. The number of nitrogens with one attached hydrogen (secondary N) is 5. The van der Waals surface area contributed by atoms with Crippen molar-refractivity contribution in [3.63, 3.8) is 0 Å². The van der Waals surface area contributed by atoms with E-state index in [-0.39, 0.29) is 31.6 Å². The molecule has 0 unspecified atom stereocenters. The molecule has 0 fully saturated rings. The lowest BCUT2D eigenvalue weighted by molar-refractivity contribution is -0.138. The largest absolute Gasteiger partial charge is 0.481 e. The fraction of sp³-hybridized carbons (Fsp3) is 0.548. The number of aliphatic carboxylic acids is 1. The average Bonchev–Trinajstić information content (AvgIpc) is 3.03. The SMILES string of the molecule is CC(C)C[C@H](NC(=O)[C@H](CO)NC(=O)[C@H](CCC(=O)O)NC(=O)[C@@H](N)CCC(N)=O)C(=O)N[C@@H](Cc1ccccc1)C(=O)N[C@@H](C)C(N)=O. The van der Waals surface area contributed by atoms with Crippen molar-refractivity contribution >= 4 is 47.3 Å². The van der Waals surface area contributed by atoms with Crippen molar-refractivity contribution in [2.45, 2.75) is 95.5 Å². The Kier molecular flexibility index (Phi) is 18.0. The number of carboxylic acids is 1. The van der Waals surface area contributed by atoms with Crippen LogP contribution in [-0.2, 0) is 44.8 Å². The maximum absolute atomic E-state index is 13.5. The molecule has 0 spiro atoms. The van der Waals surface area contributed by atoms with Crippen molar-refractivity contribution in [3.8, 4) is 0 Å². The molecule has 0 bridgehead atoms. The normalized spacial score (nSPS) is 14.6. The average molecular weight is 693 g/mol. The first-order valence-electron chi connectivity index (χ1n) is 15.7. The van der Waals surface area contributed by atoms with E-state index in [1.165, 1.54) is 6.92 Å². The highest BCUT2D eigenvalue weighted by Gasteiger charge is 2.32. The van der Waals surface area contributed by atoms with Crippen LogP contribution in [0.3, 0.4) is 0 Å². The van der Waals surface area contributed by atoms with Crippen LogP contribution in [0.2, 0.25) is 0 Å². The Bertz CT molecular complexity index is 1330. The topological polar surface area (TPSA) is 315 Å². The Labute approximate surface area is 283 Å². The number of benzene rings is 1. The van der Waals surface area contributed by atoms with Crippen molar-refractivity contribution in [3.05, 3.63) is 35.9 Å². The number of aliphatic hydroxyl groups excluding tert-OH is 1. The van der Waals surface area contributed by atoms with Crippen LogP contribution < -0.4 is 43.8 Å². The molecular weight excluding hydrogens is 644 g/mol. The second-order valence-electron chi connectivity index (χ2n) is 11.9. The molecule has 1 aromatic rings. The van der Waals surface area contributed by atoms with Gasteiger partial charge in [-0.15, -0.1) is 0 Å². The predicted octanol–water partition coefficient (Wildman–Crippen LogP) is -3.35. The van der Waals surface area contributed by atoms with Crippen molar-refractivity contribution in [1.82, 2.24) is 26.6 Å². The first-order valence-corrected chi connectivity index (χ1v) is 15.7. The second-order valence-corrected chi connectivity index (χ2v) is 11.9. The summed E-state index contributed by atoms with van der Waals surface area (Å²) in [5, 5.41) is 31.1. The van der Waals surface area contributed by atoms with Gasteiger partial charge in [0.25, 0.3) is 0 Å². The summed E-state index contributed by atoms with van der Waals surface area (Å²) in [4.78, 5) is 99.3. The molecule has 18 nitrogen and oxygen atoms in total. The molecule has 0 radical (unpaired) electrons. The van der Waals surface area contributed by atoms with Crippen molar-refractivity contribution in [1.29, 1.82) is 0 Å². The zero-order valence-corrected chi connectivity index (χ0v) is 27.8. The molecule has 0 aliphatic carbocycles. The zero-order chi connectivity index (χ0) is 37.3. The molecule has 18 heteroatoms. The highest BCUT2D eigenvalue weighted by atomic mass is 16.4. The van der Waals surface area contributed by atoms with Gasteiger partial charge in [0, 0.05) is 19.3 Å². The van der Waals surface area contributed by atoms with E-state index < -0.39 is 103 Å². The Morgan fingerprint density at radius 1 is 0.673 bits per heavy atom. The molecular formula is C31H48N8O10. The summed E-state index contributed by atoms with van der Waals surface area (Å²) in [5.41, 5.74) is 16.8. The first kappa shape index (κ1) is 41.9. The Hall–Kier alpha value is -5.10. The van der Waals surface area contributed by atoms with Crippen LogP contribution in [0.4, 0.5) is 0 Å². The molecule has 6 atom stereocenters. The molecule has 1 aromatic carbocycles. The first-order chi connectivity index (χ1) is 22.9. The Morgan fingerprint density at radius 3 is 1.71 bits per heavy atom. The lowest BCUT2D eigenvalue weighted by Crippen LogP contribution is -2.60. The molecule has 49 heavy (non-hydrogen) atoms. The van der Waals surface area contributed by atoms with Crippen LogP contribution >= 0.6 is 0 Å². The van der Waals surface area contributed by atoms with Crippen LogP contribution in [0.5, 0.6) is 0 Å². The summed E-state index contributed by atoms with van der Waals surface area (Å²) < 4.78 is 0. The number of aliphatic hydroxyl groups is 1. The molecule has 1 rings (SSSR count). The van der Waals surface area contributed by atoms with E-state index in [2.05, 4.69) is 26.6 Å². The second kappa shape index (κ2) is 21.0. The van der Waals surface area contributed by atoms with E-state index in [4.69, 9.17) is 22.3 Å². The molecule has 0 saturated carbocycles. The Morgan fingerprint density at radius 2 is 1.18 bits per heavy atom. The van der Waals surface area contributed by atoms with E-state index in [0.29, 0.717) is 5.56 Å². The third kappa shape index (κ3) is 16.0. The van der Waals surface area contributed by atoms with Gasteiger partial charge in [-0.25, -0.2) is 0 Å². The van der Waals surface area contributed by atoms with Gasteiger partial charge in [-0.3, -0.25) is 38.4 Å². The Balaban J connectivity index is 3.15. The highest BCUT2D eigenvalue weighted by molar-refractivity contribution is 5.96. The van der Waals surface area contributed by atoms with Crippen LogP contribution in [0.25, 0.3) is 0 Å². The fourth-order valence-corrected chi connectivity index (χ4v) is 4.40. The van der Waals surface area contributed by atoms with E-state index in [0.717, 1.165) is 0 Å². The maximum Gasteiger partial charge on any atom is 0.303 e. The van der Waals surface area contributed by atoms with Gasteiger partial charge in [-0.05, 0) is 37.7 Å². The van der Waals surface area contributed by atoms with Gasteiger partial charge in [0.1, 0.15) is 30.2 Å². The number of primary amides is 2. The minimum Gasteiger partial charge on any atom is -0.481 e. The van der Waals surface area contributed by atoms with Gasteiger partial charge in [0.2, 0.25) is 41.4 Å². The summed E-state index contributed by atoms with van der Waals surface area (Å²) in [5.74, 6) is -7.34. The predicted molar refractivity (Wildman–Crippen MR) is 174 cm³/mol. The molecule has 0 saturated heterocycles. The smallest absolute Gasteiger partial charge is 0.303 e. The molecule has 13 N–H and O–H groups in total. The lowest BCUT2D eigenvalue weighted by Gasteiger charge is -2.27. The summed E-state index contributed by atoms with van der Waals surface area (Å²) in [6.07, 6.45) is -1.24. The minimum absolute atomic E-state index is 0.0250. The molecule has 0 aliphatic rings. The number of amides is 7. The van der Waals surface area contributed by atoms with Crippen molar-refractivity contribution < 1.29 is 48.6 Å². The lowest BCUT2D eigenvalue weighted by atomic mass is 10.0. The van der Waals surface area contributed by atoms with Gasteiger partial charge in [-0.2, -0.15) is 0 Å². The molecule has 0 aliphatic heterocycles. The van der Waals surface area contributed by atoms with E-state index in [9.17, 15) is 43.5 Å². The summed E-state index contributed by atoms with van der Waals surface area (Å²) in [7, 11) is 0. The van der Waals surface area contributed by atoms with E-state index >= 15 is 0 Å².